The molecule has 0 radical (unpaired) electrons. The smallest absolute Gasteiger partial charge is 0.254 e. The molecule has 1 aromatic carbocycles. The van der Waals surface area contributed by atoms with E-state index in [0.29, 0.717) is 30.8 Å². The molecule has 1 aromatic heterocycles. The maximum Gasteiger partial charge on any atom is 0.254 e. The minimum absolute atomic E-state index is 0.176. The number of rotatable bonds is 3. The number of ether oxygens (including phenoxy) is 1. The molecule has 0 N–H and O–H groups in total. The van der Waals surface area contributed by atoms with E-state index < -0.39 is 5.60 Å². The van der Waals surface area contributed by atoms with Crippen LogP contribution in [0.3, 0.4) is 0 Å². The van der Waals surface area contributed by atoms with Gasteiger partial charge in [-0.15, -0.1) is 0 Å². The Labute approximate surface area is 145 Å². The molecule has 4 rings (SSSR count). The molecule has 0 unspecified atom stereocenters. The largest absolute Gasteiger partial charge is 0.360 e. The average Bonchev–Trinajstić information content (AvgIpc) is 2.95. The molecule has 25 heavy (non-hydrogen) atoms. The Morgan fingerprint density at radius 3 is 2.92 bits per heavy atom. The normalized spacial score (nSPS) is 17.5. The lowest BCUT2D eigenvalue weighted by atomic mass is 9.87. The number of hydrogen-bond acceptors (Lipinski definition) is 4. The van der Waals surface area contributed by atoms with Crippen molar-refractivity contribution < 1.29 is 13.9 Å². The van der Waals surface area contributed by atoms with Crippen LogP contribution in [0.5, 0.6) is 0 Å². The van der Waals surface area contributed by atoms with Crippen molar-refractivity contribution >= 4 is 5.91 Å². The minimum atomic E-state index is -0.501. The van der Waals surface area contributed by atoms with Gasteiger partial charge in [-0.2, -0.15) is 0 Å². The number of aryl methyl sites for hydroxylation is 2. The second-order valence-corrected chi connectivity index (χ2v) is 6.80. The third-order valence-corrected chi connectivity index (χ3v) is 4.97. The highest BCUT2D eigenvalue weighted by molar-refractivity contribution is 5.95. The maximum absolute atomic E-state index is 13.7. The van der Waals surface area contributed by atoms with Crippen LogP contribution in [0.2, 0.25) is 0 Å². The molecule has 2 aromatic rings. The summed E-state index contributed by atoms with van der Waals surface area (Å²) in [6.45, 7) is 5.13. The summed E-state index contributed by atoms with van der Waals surface area (Å²) in [5.74, 6) is 0.301. The van der Waals surface area contributed by atoms with Gasteiger partial charge in [0.05, 0.1) is 25.4 Å². The lowest BCUT2D eigenvalue weighted by Gasteiger charge is -2.47. The van der Waals surface area contributed by atoms with E-state index in [0.717, 1.165) is 29.9 Å². The van der Waals surface area contributed by atoms with Gasteiger partial charge in [-0.1, -0.05) is 13.0 Å². The van der Waals surface area contributed by atoms with Crippen LogP contribution < -0.4 is 0 Å². The van der Waals surface area contributed by atoms with Gasteiger partial charge in [-0.25, -0.2) is 14.4 Å². The summed E-state index contributed by atoms with van der Waals surface area (Å²) in [4.78, 5) is 23.2. The van der Waals surface area contributed by atoms with E-state index in [1.165, 1.54) is 6.07 Å². The third-order valence-electron chi connectivity index (χ3n) is 4.97. The number of amides is 1. The van der Waals surface area contributed by atoms with Crippen LogP contribution in [0.15, 0.2) is 24.4 Å². The van der Waals surface area contributed by atoms with E-state index in [9.17, 15) is 9.18 Å². The number of benzene rings is 1. The Kier molecular flexibility index (Phi) is 3.80. The molecular formula is C19H20FN3O2. The summed E-state index contributed by atoms with van der Waals surface area (Å²) in [6, 6.07) is 4.59. The molecule has 1 saturated heterocycles. The molecule has 130 valence electrons. The molecular weight excluding hydrogens is 321 g/mol. The highest BCUT2D eigenvalue weighted by Gasteiger charge is 2.52. The number of hydrogen-bond donors (Lipinski definition) is 0. The first-order valence-corrected chi connectivity index (χ1v) is 8.57. The predicted octanol–water partition coefficient (Wildman–Crippen LogP) is 2.76. The fourth-order valence-corrected chi connectivity index (χ4v) is 3.46. The summed E-state index contributed by atoms with van der Waals surface area (Å²) < 4.78 is 19.7. The molecule has 1 spiro atoms. The quantitative estimate of drug-likeness (QED) is 0.861. The molecule has 5 nitrogen and oxygen atoms in total. The zero-order chi connectivity index (χ0) is 17.6. The zero-order valence-electron chi connectivity index (χ0n) is 14.4. The zero-order valence-corrected chi connectivity index (χ0v) is 14.4. The third kappa shape index (κ3) is 2.61. The topological polar surface area (TPSA) is 55.3 Å². The van der Waals surface area contributed by atoms with Crippen LogP contribution >= 0.6 is 0 Å². The fourth-order valence-electron chi connectivity index (χ4n) is 3.46. The molecule has 3 heterocycles. The molecule has 0 aliphatic carbocycles. The Bertz CT molecular complexity index is 847. The predicted molar refractivity (Wildman–Crippen MR) is 89.5 cm³/mol. The van der Waals surface area contributed by atoms with Crippen molar-refractivity contribution in [3.8, 4) is 0 Å². The van der Waals surface area contributed by atoms with E-state index >= 15 is 0 Å². The van der Waals surface area contributed by atoms with Crippen molar-refractivity contribution in [2.75, 3.05) is 13.1 Å². The van der Waals surface area contributed by atoms with Gasteiger partial charge < -0.3 is 9.64 Å². The number of carbonyl (C=O) groups is 1. The van der Waals surface area contributed by atoms with Gasteiger partial charge in [-0.05, 0) is 31.0 Å². The van der Waals surface area contributed by atoms with Crippen LogP contribution in [0, 0.1) is 12.7 Å². The summed E-state index contributed by atoms with van der Waals surface area (Å²) in [5, 5.41) is 0. The van der Waals surface area contributed by atoms with Gasteiger partial charge in [0, 0.05) is 23.7 Å². The van der Waals surface area contributed by atoms with Gasteiger partial charge in [0.15, 0.2) is 0 Å². The Hall–Kier alpha value is -2.34. The van der Waals surface area contributed by atoms with Crippen LogP contribution in [0.25, 0.3) is 0 Å². The monoisotopic (exact) mass is 341 g/mol. The molecule has 6 heteroatoms. The van der Waals surface area contributed by atoms with E-state index in [2.05, 4.69) is 16.9 Å². The minimum Gasteiger partial charge on any atom is -0.360 e. The summed E-state index contributed by atoms with van der Waals surface area (Å²) in [7, 11) is 0. The highest BCUT2D eigenvalue weighted by Crippen LogP contribution is 2.43. The van der Waals surface area contributed by atoms with Gasteiger partial charge in [0.2, 0.25) is 0 Å². The molecule has 2 aliphatic rings. The van der Waals surface area contributed by atoms with Gasteiger partial charge >= 0.3 is 0 Å². The Balaban J connectivity index is 1.51. The second kappa shape index (κ2) is 5.88. The molecule has 1 amide bonds. The van der Waals surface area contributed by atoms with Crippen molar-refractivity contribution in [1.29, 1.82) is 0 Å². The van der Waals surface area contributed by atoms with Crippen LogP contribution in [0.1, 0.15) is 46.3 Å². The summed E-state index contributed by atoms with van der Waals surface area (Å²) in [6.07, 6.45) is 3.69. The number of aromatic nitrogens is 2. The van der Waals surface area contributed by atoms with Crippen LogP contribution in [-0.2, 0) is 23.4 Å². The number of likely N-dealkylation sites (tertiary alicyclic amines) is 1. The average molecular weight is 341 g/mol. The number of fused-ring (bicyclic) bond motifs is 2. The Morgan fingerprint density at radius 2 is 2.20 bits per heavy atom. The first kappa shape index (κ1) is 16.1. The van der Waals surface area contributed by atoms with Crippen molar-refractivity contribution in [1.82, 2.24) is 14.9 Å². The van der Waals surface area contributed by atoms with E-state index in [1.807, 2.05) is 6.20 Å². The van der Waals surface area contributed by atoms with Gasteiger partial charge in [0.25, 0.3) is 5.91 Å². The molecule has 0 atom stereocenters. The number of nitrogens with zero attached hydrogens (tertiary/aromatic N) is 3. The van der Waals surface area contributed by atoms with Gasteiger partial charge in [-0.3, -0.25) is 4.79 Å². The van der Waals surface area contributed by atoms with E-state index in [4.69, 9.17) is 4.74 Å². The number of halogens is 1. The van der Waals surface area contributed by atoms with Crippen LogP contribution in [-0.4, -0.2) is 33.9 Å². The Morgan fingerprint density at radius 1 is 1.40 bits per heavy atom. The van der Waals surface area contributed by atoms with E-state index in [1.54, 1.807) is 24.0 Å². The van der Waals surface area contributed by atoms with Crippen molar-refractivity contribution in [3.63, 3.8) is 0 Å². The van der Waals surface area contributed by atoms with Crippen molar-refractivity contribution in [3.05, 3.63) is 58.4 Å². The molecule has 0 bridgehead atoms. The number of carbonyl (C=O) groups excluding carboxylic acids is 1. The standard InChI is InChI=1S/C19H20FN3O2/c1-3-4-17-21-8-14-16(22-17)9-25-19(14)10-23(11-19)18(24)13-6-5-12(2)15(20)7-13/h5-8H,3-4,9-11H2,1-2H3. The molecule has 0 saturated carbocycles. The first-order valence-electron chi connectivity index (χ1n) is 8.57. The molecule has 2 aliphatic heterocycles. The lowest BCUT2D eigenvalue weighted by Crippen LogP contribution is -2.61. The lowest BCUT2D eigenvalue weighted by molar-refractivity contribution is -0.126. The summed E-state index contributed by atoms with van der Waals surface area (Å²) >= 11 is 0. The maximum atomic E-state index is 13.7. The van der Waals surface area contributed by atoms with E-state index in [-0.39, 0.29) is 11.7 Å². The molecule has 1 fully saturated rings. The van der Waals surface area contributed by atoms with Crippen molar-refractivity contribution in [2.45, 2.75) is 38.9 Å². The first-order chi connectivity index (χ1) is 12.0. The summed E-state index contributed by atoms with van der Waals surface area (Å²) in [5.41, 5.74) is 2.30. The highest BCUT2D eigenvalue weighted by atomic mass is 19.1. The fraction of sp³-hybridized carbons (Fsp3) is 0.421. The van der Waals surface area contributed by atoms with Crippen LogP contribution in [0.4, 0.5) is 4.39 Å². The van der Waals surface area contributed by atoms with Gasteiger partial charge in [0.1, 0.15) is 17.2 Å². The van der Waals surface area contributed by atoms with Crippen molar-refractivity contribution in [2.24, 2.45) is 0 Å². The SMILES string of the molecule is CCCc1ncc2c(n1)COC21CN(C(=O)c2ccc(C)c(F)c2)C1. The second-order valence-electron chi connectivity index (χ2n) is 6.80.